The summed E-state index contributed by atoms with van der Waals surface area (Å²) in [6.07, 6.45) is 0. The molecule has 0 unspecified atom stereocenters. The largest absolute Gasteiger partial charge is 0.166 e. The van der Waals surface area contributed by atoms with E-state index in [0.717, 1.165) is 0 Å². The average Bonchev–Trinajstić information content (AvgIpc) is 3.35. The zero-order chi connectivity index (χ0) is 59.8. The van der Waals surface area contributed by atoms with Gasteiger partial charge in [-0.3, -0.25) is 9.11 Å². The van der Waals surface area contributed by atoms with Crippen molar-refractivity contribution in [2.24, 2.45) is 0 Å². The van der Waals surface area contributed by atoms with Crippen molar-refractivity contribution in [3.63, 3.8) is 0 Å². The standard InChI is InChI=1S/2C18H15S.2C4H2F8O6S2.K.H/c2*1-4-10-16(11-5-1)19(17-12-6-2-7-13-17)18-14-8-3-9-15-18;2*5-1(6,3(9,10)19(13,14)15)2(7,8)4(11,12)20(16,17)18;;/h2*1-15H;2*(H,13,14,15)(H,16,17,18);;/q2*+1;;;;/p-2. The molecule has 0 radical (unpaired) electrons. The second kappa shape index (κ2) is 26.6. The van der Waals surface area contributed by atoms with Gasteiger partial charge in [-0.15, -0.1) is 0 Å². The van der Waals surface area contributed by atoms with Crippen molar-refractivity contribution >= 4 is 114 Å². The van der Waals surface area contributed by atoms with Crippen molar-refractivity contribution in [3.05, 3.63) is 182 Å². The van der Waals surface area contributed by atoms with Crippen LogP contribution in [0.25, 0.3) is 0 Å². The molecule has 0 amide bonds. The Bertz CT molecular complexity index is 2850. The van der Waals surface area contributed by atoms with Crippen molar-refractivity contribution in [3.8, 4) is 0 Å². The van der Waals surface area contributed by atoms with Crippen LogP contribution >= 0.6 is 0 Å². The van der Waals surface area contributed by atoms with Crippen LogP contribution in [0, 0.1) is 0 Å². The topological polar surface area (TPSA) is 223 Å². The third-order valence-corrected chi connectivity index (χ3v) is 17.4. The maximum atomic E-state index is 12.6. The number of halogens is 16. The van der Waals surface area contributed by atoms with Crippen LogP contribution in [0.1, 0.15) is 0 Å². The molecule has 12 nitrogen and oxygen atoms in total. The summed E-state index contributed by atoms with van der Waals surface area (Å²) >= 11 is 0. The van der Waals surface area contributed by atoms with Gasteiger partial charge in [-0.25, -0.2) is 16.8 Å². The van der Waals surface area contributed by atoms with Crippen LogP contribution in [0.15, 0.2) is 211 Å². The Balaban J connectivity index is 0.000000358. The van der Waals surface area contributed by atoms with E-state index >= 15 is 0 Å². The molecule has 0 fully saturated rings. The maximum Gasteiger partial charge on any atom is 0.166 e. The van der Waals surface area contributed by atoms with E-state index in [-0.39, 0.29) is 73.2 Å². The van der Waals surface area contributed by atoms with Crippen molar-refractivity contribution in [2.75, 3.05) is 0 Å². The normalized spacial score (nSPS) is 13.3. The van der Waals surface area contributed by atoms with Crippen LogP contribution in [0.5, 0.6) is 0 Å². The predicted octanol–water partition coefficient (Wildman–Crippen LogP) is 10.7. The minimum atomic E-state index is -7.68. The molecular weight excluding hydrogens is 1260 g/mol. The Morgan fingerprint density at radius 2 is 0.405 bits per heavy atom. The molecule has 0 saturated heterocycles. The van der Waals surface area contributed by atoms with Gasteiger partial charge in [-0.2, -0.15) is 87.1 Å². The van der Waals surface area contributed by atoms with Gasteiger partial charge >= 0.3 is 116 Å². The number of hydrogen-bond donors (Lipinski definition) is 2. The van der Waals surface area contributed by atoms with Crippen molar-refractivity contribution in [2.45, 2.75) is 74.1 Å². The van der Waals surface area contributed by atoms with Gasteiger partial charge in [-0.1, -0.05) is 109 Å². The van der Waals surface area contributed by atoms with Gasteiger partial charge in [-0.05, 0) is 72.8 Å². The Morgan fingerprint density at radius 1 is 0.278 bits per heavy atom. The minimum Gasteiger partial charge on any atom is -0.0619 e. The molecule has 6 rings (SSSR count). The fraction of sp³-hybridized carbons (Fsp3) is 0.182. The van der Waals surface area contributed by atoms with E-state index in [0.29, 0.717) is 0 Å². The van der Waals surface area contributed by atoms with Gasteiger partial charge in [0.15, 0.2) is 49.6 Å². The molecule has 6 aromatic rings. The first kappa shape index (κ1) is 71.3. The van der Waals surface area contributed by atoms with Gasteiger partial charge < -0.3 is 9.11 Å². The Kier molecular flexibility index (Phi) is 24.0. The molecule has 0 bridgehead atoms. The van der Waals surface area contributed by atoms with Crippen LogP contribution in [-0.4, -0.2) is 148 Å². The van der Waals surface area contributed by atoms with E-state index in [9.17, 15) is 113 Å². The van der Waals surface area contributed by atoms with Crippen molar-refractivity contribution in [1.29, 1.82) is 0 Å². The van der Waals surface area contributed by atoms with E-state index in [2.05, 4.69) is 182 Å². The molecule has 0 aliphatic heterocycles. The summed E-state index contributed by atoms with van der Waals surface area (Å²) in [5.41, 5.74) is 0. The SMILES string of the molecule is O=S(=O)(O)C(F)(F)C(F)(F)C(F)(F)C(F)(F)S(=O)(=O)O.O=S(=O)([O-])C(F)(F)C(F)(F)C(F)(F)C(F)(F)S(=O)(=O)[O-].[KH].c1ccc([S+](c2ccccc2)c2ccccc2)cc1.c1ccc([S+](c2ccccc2)c2ccccc2)cc1. The smallest absolute Gasteiger partial charge is 0.0619 e. The van der Waals surface area contributed by atoms with Crippen LogP contribution in [0.3, 0.4) is 0 Å². The van der Waals surface area contributed by atoms with Crippen molar-refractivity contribution < 1.29 is 122 Å². The first-order chi connectivity index (χ1) is 35.4. The monoisotopic (exact) mass is 1290 g/mol. The van der Waals surface area contributed by atoms with Gasteiger partial charge in [0, 0.05) is 0 Å². The van der Waals surface area contributed by atoms with Crippen molar-refractivity contribution in [1.82, 2.24) is 0 Å². The number of rotatable bonds is 16. The third-order valence-electron chi connectivity index (χ3n) is 9.40. The van der Waals surface area contributed by atoms with Crippen LogP contribution in [0.2, 0.25) is 0 Å². The Labute approximate surface area is 487 Å². The van der Waals surface area contributed by atoms with E-state index in [1.54, 1.807) is 0 Å². The summed E-state index contributed by atoms with van der Waals surface area (Å²) in [4.78, 5) is 8.17. The summed E-state index contributed by atoms with van der Waals surface area (Å²) in [5.74, 6) is -30.5. The molecule has 0 atom stereocenters. The van der Waals surface area contributed by atoms with Crippen LogP contribution < -0.4 is 0 Å². The predicted molar refractivity (Wildman–Crippen MR) is 252 cm³/mol. The fourth-order valence-electron chi connectivity index (χ4n) is 5.52. The van der Waals surface area contributed by atoms with Gasteiger partial charge in [0.25, 0.3) is 0 Å². The fourth-order valence-corrected chi connectivity index (χ4v) is 11.5. The summed E-state index contributed by atoms with van der Waals surface area (Å²) in [6, 6.07) is 64.3. The van der Waals surface area contributed by atoms with Gasteiger partial charge in [0.2, 0.25) is 0 Å². The minimum absolute atomic E-state index is 0. The Morgan fingerprint density at radius 3 is 0.519 bits per heavy atom. The quantitative estimate of drug-likeness (QED) is 0.0400. The zero-order valence-corrected chi connectivity index (χ0v) is 42.7. The molecular formula is C44H33F16KO12S6. The van der Waals surface area contributed by atoms with E-state index in [1.165, 1.54) is 29.4 Å². The van der Waals surface area contributed by atoms with Crippen LogP contribution in [0.4, 0.5) is 70.2 Å². The molecule has 35 heteroatoms. The molecule has 0 aliphatic rings. The maximum absolute atomic E-state index is 12.6. The summed E-state index contributed by atoms with van der Waals surface area (Å²) in [7, 11) is -29.9. The first-order valence-electron chi connectivity index (χ1n) is 20.1. The first-order valence-corrected chi connectivity index (χ1v) is 28.2. The Hall–Kier alpha value is -3.82. The molecule has 0 spiro atoms. The summed E-state index contributed by atoms with van der Waals surface area (Å²) in [6.45, 7) is 0. The second-order valence-corrected chi connectivity index (χ2v) is 24.5. The molecule has 0 heterocycles. The summed E-state index contributed by atoms with van der Waals surface area (Å²) < 4.78 is 313. The van der Waals surface area contributed by atoms with E-state index < -0.39 is 85.2 Å². The number of hydrogen-bond acceptors (Lipinski definition) is 10. The summed E-state index contributed by atoms with van der Waals surface area (Å²) in [5, 5.41) is -29.0. The number of benzene rings is 6. The molecule has 6 aromatic carbocycles. The average molecular weight is 1290 g/mol. The zero-order valence-electron chi connectivity index (χ0n) is 37.8. The molecule has 0 aromatic heterocycles. The van der Waals surface area contributed by atoms with Gasteiger partial charge in [0.1, 0.15) is 0 Å². The molecule has 430 valence electrons. The van der Waals surface area contributed by atoms with Crippen LogP contribution in [-0.2, 0) is 62.3 Å². The molecule has 79 heavy (non-hydrogen) atoms. The van der Waals surface area contributed by atoms with E-state index in [4.69, 9.17) is 9.11 Å². The molecule has 0 aliphatic carbocycles. The molecule has 2 N–H and O–H groups in total. The van der Waals surface area contributed by atoms with Gasteiger partial charge in [0.05, 0.1) is 21.8 Å². The number of alkyl halides is 16. The second-order valence-electron chi connectivity index (χ2n) is 14.7. The third kappa shape index (κ3) is 15.4. The van der Waals surface area contributed by atoms with E-state index in [1.807, 2.05) is 0 Å². The molecule has 0 saturated carbocycles.